The van der Waals surface area contributed by atoms with Crippen molar-refractivity contribution in [2.24, 2.45) is 0 Å². The molecular formula is C13H12N2O2S. The standard InChI is InChI=1S/C13H12N2O2S/c14-9-3-4-10-11(8-9)17-6-5-15(10)13(16)12-2-1-7-18-12/h1-4,7-8H,5-6,14H2. The van der Waals surface area contributed by atoms with E-state index in [4.69, 9.17) is 10.5 Å². The van der Waals surface area contributed by atoms with Crippen molar-refractivity contribution in [3.8, 4) is 5.75 Å². The molecule has 2 aromatic rings. The number of nitrogen functional groups attached to an aromatic ring is 1. The normalized spacial score (nSPS) is 13.9. The minimum atomic E-state index is 0.0133. The fraction of sp³-hybridized carbons (Fsp3) is 0.154. The highest BCUT2D eigenvalue weighted by atomic mass is 32.1. The first-order chi connectivity index (χ1) is 8.75. The molecule has 4 nitrogen and oxygen atoms in total. The lowest BCUT2D eigenvalue weighted by molar-refractivity contribution is 0.0980. The lowest BCUT2D eigenvalue weighted by Gasteiger charge is -2.29. The number of nitrogens with two attached hydrogens (primary N) is 1. The fourth-order valence-corrected chi connectivity index (χ4v) is 2.65. The van der Waals surface area contributed by atoms with Crippen LogP contribution >= 0.6 is 11.3 Å². The first kappa shape index (κ1) is 11.1. The third-order valence-electron chi connectivity index (χ3n) is 2.82. The third kappa shape index (κ3) is 1.82. The number of thiophene rings is 1. The minimum Gasteiger partial charge on any atom is -0.489 e. The maximum atomic E-state index is 12.4. The molecule has 1 aromatic heterocycles. The van der Waals surface area contributed by atoms with Crippen LogP contribution in [-0.2, 0) is 0 Å². The van der Waals surface area contributed by atoms with Crippen LogP contribution in [0.5, 0.6) is 5.75 Å². The zero-order valence-corrected chi connectivity index (χ0v) is 10.4. The largest absolute Gasteiger partial charge is 0.489 e. The van der Waals surface area contributed by atoms with Crippen LogP contribution in [0.3, 0.4) is 0 Å². The number of amides is 1. The maximum absolute atomic E-state index is 12.4. The smallest absolute Gasteiger partial charge is 0.268 e. The van der Waals surface area contributed by atoms with Crippen molar-refractivity contribution >= 4 is 28.6 Å². The summed E-state index contributed by atoms with van der Waals surface area (Å²) in [5.41, 5.74) is 7.14. The molecule has 1 amide bonds. The summed E-state index contributed by atoms with van der Waals surface area (Å²) in [7, 11) is 0. The van der Waals surface area contributed by atoms with Crippen molar-refractivity contribution in [2.45, 2.75) is 0 Å². The summed E-state index contributed by atoms with van der Waals surface area (Å²) in [5, 5.41) is 1.90. The Hall–Kier alpha value is -2.01. The molecule has 2 N–H and O–H groups in total. The molecule has 0 atom stereocenters. The number of anilines is 2. The minimum absolute atomic E-state index is 0.0133. The summed E-state index contributed by atoms with van der Waals surface area (Å²) >= 11 is 1.45. The van der Waals surface area contributed by atoms with Gasteiger partial charge in [0.05, 0.1) is 17.1 Å². The quantitative estimate of drug-likeness (QED) is 0.801. The van der Waals surface area contributed by atoms with E-state index in [9.17, 15) is 4.79 Å². The van der Waals surface area contributed by atoms with E-state index in [-0.39, 0.29) is 5.91 Å². The Morgan fingerprint density at radius 2 is 2.28 bits per heavy atom. The van der Waals surface area contributed by atoms with Gasteiger partial charge in [0.1, 0.15) is 12.4 Å². The predicted molar refractivity (Wildman–Crippen MR) is 72.3 cm³/mol. The van der Waals surface area contributed by atoms with Crippen molar-refractivity contribution in [2.75, 3.05) is 23.8 Å². The number of hydrogen-bond acceptors (Lipinski definition) is 4. The van der Waals surface area contributed by atoms with Gasteiger partial charge in [-0.2, -0.15) is 0 Å². The number of ether oxygens (including phenoxy) is 1. The van der Waals surface area contributed by atoms with E-state index in [0.29, 0.717) is 24.6 Å². The monoisotopic (exact) mass is 260 g/mol. The van der Waals surface area contributed by atoms with Crippen LogP contribution in [0.4, 0.5) is 11.4 Å². The van der Waals surface area contributed by atoms with Crippen LogP contribution in [0.15, 0.2) is 35.7 Å². The molecule has 1 aromatic carbocycles. The van der Waals surface area contributed by atoms with Gasteiger partial charge in [0.2, 0.25) is 0 Å². The lowest BCUT2D eigenvalue weighted by atomic mass is 10.2. The molecule has 0 radical (unpaired) electrons. The molecule has 18 heavy (non-hydrogen) atoms. The van der Waals surface area contributed by atoms with Crippen molar-refractivity contribution < 1.29 is 9.53 Å². The Morgan fingerprint density at radius 3 is 3.06 bits per heavy atom. The van der Waals surface area contributed by atoms with Crippen LogP contribution < -0.4 is 15.4 Å². The molecule has 92 valence electrons. The topological polar surface area (TPSA) is 55.6 Å². The van der Waals surface area contributed by atoms with Crippen LogP contribution in [0.1, 0.15) is 9.67 Å². The van der Waals surface area contributed by atoms with Crippen LogP contribution in [0.2, 0.25) is 0 Å². The SMILES string of the molecule is Nc1ccc2c(c1)OCCN2C(=O)c1cccs1. The fourth-order valence-electron chi connectivity index (χ4n) is 1.98. The summed E-state index contributed by atoms with van der Waals surface area (Å²) in [6.07, 6.45) is 0. The summed E-state index contributed by atoms with van der Waals surface area (Å²) in [4.78, 5) is 14.8. The van der Waals surface area contributed by atoms with Crippen LogP contribution in [0.25, 0.3) is 0 Å². The van der Waals surface area contributed by atoms with Gasteiger partial charge < -0.3 is 15.4 Å². The second-order valence-electron chi connectivity index (χ2n) is 4.01. The molecular weight excluding hydrogens is 248 g/mol. The van der Waals surface area contributed by atoms with Crippen LogP contribution in [0, 0.1) is 0 Å². The Bertz CT molecular complexity index is 581. The van der Waals surface area contributed by atoms with Crippen molar-refractivity contribution in [1.29, 1.82) is 0 Å². The molecule has 1 aliphatic rings. The number of hydrogen-bond donors (Lipinski definition) is 1. The van der Waals surface area contributed by atoms with Gasteiger partial charge >= 0.3 is 0 Å². The molecule has 1 aliphatic heterocycles. The van der Waals surface area contributed by atoms with E-state index in [2.05, 4.69) is 0 Å². The lowest BCUT2D eigenvalue weighted by Crippen LogP contribution is -2.37. The molecule has 5 heteroatoms. The highest BCUT2D eigenvalue weighted by Crippen LogP contribution is 2.34. The molecule has 3 rings (SSSR count). The van der Waals surface area contributed by atoms with Gasteiger partial charge in [-0.25, -0.2) is 0 Å². The molecule has 0 unspecified atom stereocenters. The first-order valence-electron chi connectivity index (χ1n) is 5.63. The summed E-state index contributed by atoms with van der Waals surface area (Å²) in [6, 6.07) is 9.07. The Kier molecular flexibility index (Phi) is 2.68. The summed E-state index contributed by atoms with van der Waals surface area (Å²) in [6.45, 7) is 1.06. The third-order valence-corrected chi connectivity index (χ3v) is 3.68. The average molecular weight is 260 g/mol. The molecule has 2 heterocycles. The van der Waals surface area contributed by atoms with E-state index < -0.39 is 0 Å². The average Bonchev–Trinajstić information content (AvgIpc) is 2.90. The van der Waals surface area contributed by atoms with E-state index in [1.165, 1.54) is 11.3 Å². The zero-order chi connectivity index (χ0) is 12.5. The summed E-state index contributed by atoms with van der Waals surface area (Å²) in [5.74, 6) is 0.686. The Balaban J connectivity index is 1.99. The van der Waals surface area contributed by atoms with E-state index in [0.717, 1.165) is 10.6 Å². The number of rotatable bonds is 1. The molecule has 0 saturated heterocycles. The van der Waals surface area contributed by atoms with Gasteiger partial charge in [-0.1, -0.05) is 6.07 Å². The molecule has 0 bridgehead atoms. The van der Waals surface area contributed by atoms with Gasteiger partial charge in [-0.15, -0.1) is 11.3 Å². The molecule has 0 spiro atoms. The van der Waals surface area contributed by atoms with Crippen molar-refractivity contribution in [3.63, 3.8) is 0 Å². The van der Waals surface area contributed by atoms with Crippen molar-refractivity contribution in [3.05, 3.63) is 40.6 Å². The number of nitrogens with zero attached hydrogens (tertiary/aromatic N) is 1. The van der Waals surface area contributed by atoms with Gasteiger partial charge in [-0.3, -0.25) is 4.79 Å². The number of carbonyl (C=O) groups is 1. The predicted octanol–water partition coefficient (Wildman–Crippen LogP) is 2.37. The van der Waals surface area contributed by atoms with E-state index in [1.807, 2.05) is 23.6 Å². The zero-order valence-electron chi connectivity index (χ0n) is 9.63. The van der Waals surface area contributed by atoms with E-state index >= 15 is 0 Å². The maximum Gasteiger partial charge on any atom is 0.268 e. The second-order valence-corrected chi connectivity index (χ2v) is 4.96. The van der Waals surface area contributed by atoms with Gasteiger partial charge in [0.15, 0.2) is 0 Å². The van der Waals surface area contributed by atoms with E-state index in [1.54, 1.807) is 17.0 Å². The Labute approximate surface area is 109 Å². The van der Waals surface area contributed by atoms with Crippen LogP contribution in [-0.4, -0.2) is 19.1 Å². The van der Waals surface area contributed by atoms with Crippen molar-refractivity contribution in [1.82, 2.24) is 0 Å². The molecule has 0 saturated carbocycles. The number of benzene rings is 1. The highest BCUT2D eigenvalue weighted by molar-refractivity contribution is 7.12. The number of fused-ring (bicyclic) bond motifs is 1. The molecule has 0 fully saturated rings. The first-order valence-corrected chi connectivity index (χ1v) is 6.51. The van der Waals surface area contributed by atoms with Gasteiger partial charge in [0, 0.05) is 11.8 Å². The Morgan fingerprint density at radius 1 is 1.39 bits per heavy atom. The summed E-state index contributed by atoms with van der Waals surface area (Å²) < 4.78 is 5.53. The highest BCUT2D eigenvalue weighted by Gasteiger charge is 2.25. The van der Waals surface area contributed by atoms with Gasteiger partial charge in [-0.05, 0) is 23.6 Å². The number of carbonyl (C=O) groups excluding carboxylic acids is 1. The van der Waals surface area contributed by atoms with Gasteiger partial charge in [0.25, 0.3) is 5.91 Å². The second kappa shape index (κ2) is 4.34. The molecule has 0 aliphatic carbocycles.